The number of ketones is 1. The van der Waals surface area contributed by atoms with Crippen molar-refractivity contribution in [3.63, 3.8) is 0 Å². The number of amidine groups is 1. The van der Waals surface area contributed by atoms with Crippen molar-refractivity contribution in [1.82, 2.24) is 19.1 Å². The van der Waals surface area contributed by atoms with Crippen molar-refractivity contribution in [2.75, 3.05) is 0 Å². The van der Waals surface area contributed by atoms with Crippen LogP contribution in [0.2, 0.25) is 0 Å². The fourth-order valence-electron chi connectivity index (χ4n) is 2.32. The second-order valence-electron chi connectivity index (χ2n) is 5.08. The van der Waals surface area contributed by atoms with Gasteiger partial charge in [0.2, 0.25) is 11.6 Å². The Labute approximate surface area is 134 Å². The third-order valence-corrected chi connectivity index (χ3v) is 3.65. The molecule has 0 aliphatic carbocycles. The number of nitrogens with zero attached hydrogens (tertiary/aromatic N) is 5. The van der Waals surface area contributed by atoms with Gasteiger partial charge in [0.05, 0.1) is 0 Å². The Morgan fingerprint density at radius 1 is 1.12 bits per heavy atom. The smallest absolute Gasteiger partial charge is 0.285 e. The van der Waals surface area contributed by atoms with Gasteiger partial charge >= 0.3 is 5.69 Å². The van der Waals surface area contributed by atoms with Gasteiger partial charge in [-0.05, 0) is 12.1 Å². The summed E-state index contributed by atoms with van der Waals surface area (Å²) in [5.74, 6) is 3.66. The number of fused-ring (bicyclic) bond motifs is 1. The molecule has 2 aromatic heterocycles. The fraction of sp³-hybridized carbons (Fsp3) is 0.143. The van der Waals surface area contributed by atoms with Gasteiger partial charge < -0.3 is 0 Å². The molecule has 0 aromatic carbocycles. The van der Waals surface area contributed by atoms with Crippen molar-refractivity contribution in [2.24, 2.45) is 24.9 Å². The molecule has 122 valence electrons. The van der Waals surface area contributed by atoms with Gasteiger partial charge in [0.15, 0.2) is 5.82 Å². The average molecular weight is 328 g/mol. The Balaban J connectivity index is 2.09. The quantitative estimate of drug-likeness (QED) is 0.394. The Bertz CT molecular complexity index is 1020. The summed E-state index contributed by atoms with van der Waals surface area (Å²) in [6, 6.07) is 2.84. The maximum absolute atomic E-state index is 12.5. The van der Waals surface area contributed by atoms with E-state index in [1.165, 1.54) is 38.6 Å². The van der Waals surface area contributed by atoms with Crippen LogP contribution in [0, 0.1) is 0 Å². The number of hydrazine groups is 1. The zero-order chi connectivity index (χ0) is 17.6. The van der Waals surface area contributed by atoms with Crippen LogP contribution >= 0.6 is 0 Å². The highest BCUT2D eigenvalue weighted by Gasteiger charge is 2.36. The number of pyridine rings is 1. The number of amides is 1. The van der Waals surface area contributed by atoms with Crippen molar-refractivity contribution in [3.8, 4) is 0 Å². The normalized spacial score (nSPS) is 12.8. The molecule has 0 bridgehead atoms. The van der Waals surface area contributed by atoms with Crippen molar-refractivity contribution in [1.29, 1.82) is 0 Å². The molecule has 1 amide bonds. The van der Waals surface area contributed by atoms with Crippen molar-refractivity contribution < 1.29 is 9.59 Å². The van der Waals surface area contributed by atoms with Crippen molar-refractivity contribution in [2.45, 2.75) is 0 Å². The second kappa shape index (κ2) is 5.35. The minimum Gasteiger partial charge on any atom is -0.285 e. The highest BCUT2D eigenvalue weighted by Crippen LogP contribution is 2.22. The summed E-state index contributed by atoms with van der Waals surface area (Å²) in [6.45, 7) is 0. The molecule has 0 saturated carbocycles. The van der Waals surface area contributed by atoms with Crippen LogP contribution in [0.15, 0.2) is 39.1 Å². The second-order valence-corrected chi connectivity index (χ2v) is 5.08. The SMILES string of the molecule is Cn1c2c(c(=O)n(C)c1=O)C(=O)C(N(N)C(=O)c1ccncc1)=N2. The molecule has 1 aliphatic heterocycles. The summed E-state index contributed by atoms with van der Waals surface area (Å²) in [5, 5.41) is 0.557. The Kier molecular flexibility index (Phi) is 3.45. The summed E-state index contributed by atoms with van der Waals surface area (Å²) in [5.41, 5.74) is -1.53. The predicted octanol–water partition coefficient (Wildman–Crippen LogP) is -1.28. The van der Waals surface area contributed by atoms with Crippen LogP contribution < -0.4 is 17.1 Å². The number of Topliss-reactive ketones (excluding diaryl/α,β-unsaturated/α-hetero) is 1. The summed E-state index contributed by atoms with van der Waals surface area (Å²) in [6.07, 6.45) is 2.79. The minimum atomic E-state index is -0.814. The molecule has 24 heavy (non-hydrogen) atoms. The molecule has 0 spiro atoms. The van der Waals surface area contributed by atoms with Gasteiger partial charge in [-0.15, -0.1) is 0 Å². The largest absolute Gasteiger partial charge is 0.332 e. The number of aromatic nitrogens is 3. The van der Waals surface area contributed by atoms with E-state index in [4.69, 9.17) is 5.84 Å². The first-order valence-corrected chi connectivity index (χ1v) is 6.77. The molecule has 1 aliphatic rings. The first-order valence-electron chi connectivity index (χ1n) is 6.77. The molecular formula is C14H12N6O4. The monoisotopic (exact) mass is 328 g/mol. The van der Waals surface area contributed by atoms with Crippen LogP contribution in [-0.4, -0.2) is 36.7 Å². The number of carbonyl (C=O) groups is 2. The van der Waals surface area contributed by atoms with E-state index in [1.807, 2.05) is 0 Å². The molecule has 10 nitrogen and oxygen atoms in total. The maximum Gasteiger partial charge on any atom is 0.332 e. The maximum atomic E-state index is 12.5. The zero-order valence-corrected chi connectivity index (χ0v) is 12.8. The number of carbonyl (C=O) groups excluding carboxylic acids is 2. The summed E-state index contributed by atoms with van der Waals surface area (Å²) >= 11 is 0. The summed E-state index contributed by atoms with van der Waals surface area (Å²) in [4.78, 5) is 56.6. The van der Waals surface area contributed by atoms with E-state index >= 15 is 0 Å². The number of rotatable bonds is 1. The first-order chi connectivity index (χ1) is 11.3. The molecule has 2 aromatic rings. The van der Waals surface area contributed by atoms with Gasteiger partial charge in [-0.3, -0.25) is 28.5 Å². The van der Waals surface area contributed by atoms with Crippen LogP contribution in [0.1, 0.15) is 20.7 Å². The Morgan fingerprint density at radius 2 is 1.75 bits per heavy atom. The lowest BCUT2D eigenvalue weighted by Gasteiger charge is -2.14. The predicted molar refractivity (Wildman–Crippen MR) is 82.9 cm³/mol. The molecule has 0 fully saturated rings. The molecule has 0 unspecified atom stereocenters. The Hall–Kier alpha value is -3.40. The molecule has 0 saturated heterocycles. The van der Waals surface area contributed by atoms with E-state index in [1.54, 1.807) is 0 Å². The standard InChI is InChI=1S/C14H12N6O4/c1-18-10-8(13(23)19(2)14(18)24)9(21)11(17-10)20(15)12(22)7-3-5-16-6-4-7/h3-6H,15H2,1-2H3. The lowest BCUT2D eigenvalue weighted by molar-refractivity contribution is 0.0831. The number of hydrogen-bond acceptors (Lipinski definition) is 7. The number of nitrogens with two attached hydrogens (primary N) is 1. The number of hydrogen-bond donors (Lipinski definition) is 1. The third-order valence-electron chi connectivity index (χ3n) is 3.65. The van der Waals surface area contributed by atoms with E-state index in [9.17, 15) is 19.2 Å². The van der Waals surface area contributed by atoms with E-state index < -0.39 is 28.8 Å². The highest BCUT2D eigenvalue weighted by atomic mass is 16.2. The first kappa shape index (κ1) is 15.5. The van der Waals surface area contributed by atoms with E-state index in [-0.39, 0.29) is 16.9 Å². The van der Waals surface area contributed by atoms with Crippen molar-refractivity contribution >= 4 is 23.3 Å². The summed E-state index contributed by atoms with van der Waals surface area (Å²) in [7, 11) is 2.62. The Morgan fingerprint density at radius 3 is 2.38 bits per heavy atom. The van der Waals surface area contributed by atoms with E-state index in [2.05, 4.69) is 9.98 Å². The third kappa shape index (κ3) is 2.08. The van der Waals surface area contributed by atoms with Gasteiger partial charge in [-0.2, -0.15) is 0 Å². The molecule has 10 heteroatoms. The zero-order valence-electron chi connectivity index (χ0n) is 12.8. The fourth-order valence-corrected chi connectivity index (χ4v) is 2.32. The van der Waals surface area contributed by atoms with Crippen LogP contribution in [0.25, 0.3) is 0 Å². The van der Waals surface area contributed by atoms with E-state index in [0.29, 0.717) is 5.01 Å². The molecule has 0 radical (unpaired) electrons. The average Bonchev–Trinajstić information content (AvgIpc) is 2.95. The van der Waals surface area contributed by atoms with Gasteiger partial charge in [0.1, 0.15) is 5.56 Å². The van der Waals surface area contributed by atoms with Crippen LogP contribution in [-0.2, 0) is 14.1 Å². The molecular weight excluding hydrogens is 316 g/mol. The molecule has 2 N–H and O–H groups in total. The topological polar surface area (TPSA) is 133 Å². The van der Waals surface area contributed by atoms with Crippen LogP contribution in [0.4, 0.5) is 5.82 Å². The minimum absolute atomic E-state index is 0.124. The highest BCUT2D eigenvalue weighted by molar-refractivity contribution is 6.50. The van der Waals surface area contributed by atoms with E-state index in [0.717, 1.165) is 9.13 Å². The van der Waals surface area contributed by atoms with Crippen molar-refractivity contribution in [3.05, 3.63) is 56.5 Å². The molecule has 0 atom stereocenters. The van der Waals surface area contributed by atoms with Gasteiger partial charge in [-0.25, -0.2) is 20.6 Å². The lowest BCUT2D eigenvalue weighted by atomic mass is 10.2. The number of aliphatic imine (C=N–C) groups is 1. The van der Waals surface area contributed by atoms with Crippen LogP contribution in [0.5, 0.6) is 0 Å². The van der Waals surface area contributed by atoms with Crippen LogP contribution in [0.3, 0.4) is 0 Å². The lowest BCUT2D eigenvalue weighted by Crippen LogP contribution is -2.46. The van der Waals surface area contributed by atoms with Gasteiger partial charge in [0, 0.05) is 32.1 Å². The van der Waals surface area contributed by atoms with Gasteiger partial charge in [0.25, 0.3) is 11.5 Å². The summed E-state index contributed by atoms with van der Waals surface area (Å²) < 4.78 is 1.84. The molecule has 3 heterocycles. The molecule has 3 rings (SSSR count). The van der Waals surface area contributed by atoms with Gasteiger partial charge in [-0.1, -0.05) is 0 Å².